The minimum atomic E-state index is 0.251. The number of anilines is 1. The highest BCUT2D eigenvalue weighted by Crippen LogP contribution is 2.24. The van der Waals surface area contributed by atoms with Gasteiger partial charge in [0.15, 0.2) is 0 Å². The third kappa shape index (κ3) is 1.71. The van der Waals surface area contributed by atoms with Crippen LogP contribution in [0.3, 0.4) is 0 Å². The maximum absolute atomic E-state index is 2.53. The van der Waals surface area contributed by atoms with E-state index >= 15 is 0 Å². The first-order chi connectivity index (χ1) is 6.59. The molecule has 2 rings (SSSR count). The van der Waals surface area contributed by atoms with Gasteiger partial charge >= 0.3 is 0 Å². The van der Waals surface area contributed by atoms with Crippen LogP contribution in [0, 0.1) is 0 Å². The molecule has 2 heteroatoms. The van der Waals surface area contributed by atoms with Gasteiger partial charge in [0, 0.05) is 17.8 Å². The van der Waals surface area contributed by atoms with Crippen LogP contribution < -0.4 is 10.1 Å². The highest BCUT2D eigenvalue weighted by Gasteiger charge is 2.25. The maximum atomic E-state index is 2.53. The largest absolute Gasteiger partial charge is 0.367 e. The predicted molar refractivity (Wildman–Crippen MR) is 63.7 cm³/mol. The molecule has 0 amide bonds. The first-order valence-electron chi connectivity index (χ1n) is 5.19. The molecular weight excluding hydrogens is 186 g/mol. The van der Waals surface area contributed by atoms with Gasteiger partial charge in [0.2, 0.25) is 0 Å². The molecule has 0 aromatic heterocycles. The summed E-state index contributed by atoms with van der Waals surface area (Å²) in [5, 5.41) is 1.54. The van der Waals surface area contributed by atoms with E-state index in [2.05, 4.69) is 49.9 Å². The van der Waals surface area contributed by atoms with Crippen molar-refractivity contribution in [2.75, 3.05) is 11.4 Å². The van der Waals surface area contributed by atoms with Crippen molar-refractivity contribution in [3.8, 4) is 0 Å². The Morgan fingerprint density at radius 2 is 1.93 bits per heavy atom. The summed E-state index contributed by atoms with van der Waals surface area (Å²) in [4.78, 5) is 2.53. The Bertz CT molecular complexity index is 327. The van der Waals surface area contributed by atoms with Crippen LogP contribution in [0.15, 0.2) is 24.3 Å². The first kappa shape index (κ1) is 9.78. The second kappa shape index (κ2) is 3.43. The van der Waals surface area contributed by atoms with Gasteiger partial charge in [-0.25, -0.2) is 0 Å². The van der Waals surface area contributed by atoms with Gasteiger partial charge in [-0.2, -0.15) is 0 Å². The monoisotopic (exact) mass is 203 g/mol. The SMILES string of the molecule is CC(C)(C)N1CC[Si]c2ccccc21. The minimum Gasteiger partial charge on any atom is -0.367 e. The fourth-order valence-corrected chi connectivity index (χ4v) is 3.20. The molecule has 0 unspecified atom stereocenters. The van der Waals surface area contributed by atoms with Crippen LogP contribution in [0.1, 0.15) is 20.8 Å². The Hall–Kier alpha value is -0.763. The summed E-state index contributed by atoms with van der Waals surface area (Å²) in [6.07, 6.45) is 0. The smallest absolute Gasteiger partial charge is 0.0854 e. The topological polar surface area (TPSA) is 3.24 Å². The molecule has 0 spiro atoms. The molecule has 14 heavy (non-hydrogen) atoms. The van der Waals surface area contributed by atoms with Gasteiger partial charge in [-0.1, -0.05) is 18.2 Å². The average Bonchev–Trinajstić information content (AvgIpc) is 2.15. The molecule has 0 N–H and O–H groups in total. The summed E-state index contributed by atoms with van der Waals surface area (Å²) >= 11 is 0. The lowest BCUT2D eigenvalue weighted by Crippen LogP contribution is -2.48. The van der Waals surface area contributed by atoms with Crippen molar-refractivity contribution in [3.05, 3.63) is 24.3 Å². The van der Waals surface area contributed by atoms with Gasteiger partial charge < -0.3 is 4.90 Å². The summed E-state index contributed by atoms with van der Waals surface area (Å²) in [5.41, 5.74) is 1.70. The molecule has 1 nitrogen and oxygen atoms in total. The Morgan fingerprint density at radius 1 is 1.21 bits per heavy atom. The van der Waals surface area contributed by atoms with Crippen molar-refractivity contribution in [2.24, 2.45) is 0 Å². The van der Waals surface area contributed by atoms with Crippen molar-refractivity contribution in [3.63, 3.8) is 0 Å². The molecule has 1 aromatic rings. The third-order valence-corrected chi connectivity index (χ3v) is 3.93. The van der Waals surface area contributed by atoms with E-state index in [9.17, 15) is 0 Å². The molecule has 0 saturated heterocycles. The highest BCUT2D eigenvalue weighted by atomic mass is 28.2. The van der Waals surface area contributed by atoms with Crippen LogP contribution in [0.25, 0.3) is 0 Å². The molecule has 74 valence electrons. The number of rotatable bonds is 0. The second-order valence-electron chi connectivity index (χ2n) is 4.77. The molecule has 0 aliphatic carbocycles. The van der Waals surface area contributed by atoms with Gasteiger partial charge in [0.05, 0.1) is 9.52 Å². The average molecular weight is 203 g/mol. The highest BCUT2D eigenvalue weighted by molar-refractivity contribution is 6.56. The van der Waals surface area contributed by atoms with E-state index in [1.165, 1.54) is 23.5 Å². The second-order valence-corrected chi connectivity index (χ2v) is 6.16. The van der Waals surface area contributed by atoms with E-state index in [4.69, 9.17) is 0 Å². The Morgan fingerprint density at radius 3 is 2.64 bits per heavy atom. The van der Waals surface area contributed by atoms with Crippen LogP contribution in [-0.2, 0) is 0 Å². The number of hydrogen-bond acceptors (Lipinski definition) is 1. The zero-order valence-corrected chi connectivity index (χ0v) is 10.2. The predicted octanol–water partition coefficient (Wildman–Crippen LogP) is 2.05. The van der Waals surface area contributed by atoms with Gasteiger partial charge in [-0.05, 0) is 38.1 Å². The van der Waals surface area contributed by atoms with E-state index in [1.54, 1.807) is 0 Å². The molecule has 1 aliphatic rings. The van der Waals surface area contributed by atoms with Crippen LogP contribution in [-0.4, -0.2) is 21.6 Å². The number of fused-ring (bicyclic) bond motifs is 1. The standard InChI is InChI=1S/C12H17NSi/c1-12(2,3)13-8-9-14-11-7-5-4-6-10(11)13/h4-7H,8-9H2,1-3H3. The summed E-state index contributed by atoms with van der Waals surface area (Å²) in [7, 11) is 0.996. The van der Waals surface area contributed by atoms with Crippen molar-refractivity contribution in [1.82, 2.24) is 0 Å². The molecule has 2 radical (unpaired) electrons. The third-order valence-electron chi connectivity index (χ3n) is 2.66. The zero-order valence-electron chi connectivity index (χ0n) is 9.17. The minimum absolute atomic E-state index is 0.251. The van der Waals surface area contributed by atoms with E-state index in [1.807, 2.05) is 0 Å². The summed E-state index contributed by atoms with van der Waals surface area (Å²) in [6, 6.07) is 10.1. The van der Waals surface area contributed by atoms with Gasteiger partial charge in [0.25, 0.3) is 0 Å². The van der Waals surface area contributed by atoms with Crippen molar-refractivity contribution >= 4 is 20.4 Å². The van der Waals surface area contributed by atoms with Crippen LogP contribution in [0.4, 0.5) is 5.69 Å². The lowest BCUT2D eigenvalue weighted by molar-refractivity contribution is 0.512. The van der Waals surface area contributed by atoms with Crippen molar-refractivity contribution < 1.29 is 0 Å². The molecule has 1 heterocycles. The molecule has 0 saturated carbocycles. The van der Waals surface area contributed by atoms with Crippen molar-refractivity contribution in [2.45, 2.75) is 32.4 Å². The lowest BCUT2D eigenvalue weighted by atomic mass is 10.0. The molecule has 1 aliphatic heterocycles. The Labute approximate surface area is 88.9 Å². The van der Waals surface area contributed by atoms with Crippen LogP contribution in [0.5, 0.6) is 0 Å². The Balaban J connectivity index is 2.41. The zero-order chi connectivity index (χ0) is 10.2. The number of para-hydroxylation sites is 1. The summed E-state index contributed by atoms with van der Waals surface area (Å²) in [6.45, 7) is 8.08. The first-order valence-corrected chi connectivity index (χ1v) is 6.40. The molecule has 0 atom stereocenters. The van der Waals surface area contributed by atoms with E-state index in [0.717, 1.165) is 9.52 Å². The van der Waals surface area contributed by atoms with Gasteiger partial charge in [-0.15, -0.1) is 0 Å². The lowest BCUT2D eigenvalue weighted by Gasteiger charge is -2.41. The fraction of sp³-hybridized carbons (Fsp3) is 0.500. The number of nitrogens with zero attached hydrogens (tertiary/aromatic N) is 1. The van der Waals surface area contributed by atoms with Gasteiger partial charge in [-0.3, -0.25) is 0 Å². The molecule has 0 fully saturated rings. The summed E-state index contributed by atoms with van der Waals surface area (Å²) in [5.74, 6) is 0. The van der Waals surface area contributed by atoms with E-state index < -0.39 is 0 Å². The summed E-state index contributed by atoms with van der Waals surface area (Å²) < 4.78 is 0. The number of benzene rings is 1. The maximum Gasteiger partial charge on any atom is 0.0854 e. The van der Waals surface area contributed by atoms with Crippen molar-refractivity contribution in [1.29, 1.82) is 0 Å². The van der Waals surface area contributed by atoms with Crippen LogP contribution >= 0.6 is 0 Å². The quantitative estimate of drug-likeness (QED) is 0.583. The van der Waals surface area contributed by atoms with E-state index in [0.29, 0.717) is 0 Å². The molecule has 1 aromatic carbocycles. The van der Waals surface area contributed by atoms with E-state index in [-0.39, 0.29) is 5.54 Å². The van der Waals surface area contributed by atoms with Crippen LogP contribution in [0.2, 0.25) is 6.04 Å². The Kier molecular flexibility index (Phi) is 2.39. The fourth-order valence-electron chi connectivity index (χ4n) is 1.98. The van der Waals surface area contributed by atoms with Gasteiger partial charge in [0.1, 0.15) is 0 Å². The normalized spacial score (nSPS) is 16.6. The molecular formula is C12H17NSi. The molecule has 0 bridgehead atoms. The number of hydrogen-bond donors (Lipinski definition) is 0.